The Labute approximate surface area is 75.9 Å². The molecule has 0 aliphatic carbocycles. The molecule has 1 rings (SSSR count). The van der Waals surface area contributed by atoms with E-state index in [4.69, 9.17) is 20.3 Å². The SMILES string of the molecule is CO[C@H]1O[C@H](CO)[C@H](O)[C@H](N)[C@H]1O. The van der Waals surface area contributed by atoms with Crippen molar-refractivity contribution >= 4 is 0 Å². The number of aliphatic hydroxyl groups excluding tert-OH is 3. The summed E-state index contributed by atoms with van der Waals surface area (Å²) in [5.74, 6) is 0. The lowest BCUT2D eigenvalue weighted by Crippen LogP contribution is -2.62. The van der Waals surface area contributed by atoms with Crippen LogP contribution in [-0.2, 0) is 9.47 Å². The largest absolute Gasteiger partial charge is 0.394 e. The van der Waals surface area contributed by atoms with E-state index in [1.54, 1.807) is 0 Å². The molecule has 0 aromatic rings. The molecule has 1 aliphatic rings. The fourth-order valence-corrected chi connectivity index (χ4v) is 1.31. The summed E-state index contributed by atoms with van der Waals surface area (Å²) >= 11 is 0. The Balaban J connectivity index is 2.66. The van der Waals surface area contributed by atoms with Gasteiger partial charge in [0.1, 0.15) is 18.3 Å². The van der Waals surface area contributed by atoms with Crippen molar-refractivity contribution in [3.8, 4) is 0 Å². The van der Waals surface area contributed by atoms with Crippen LogP contribution < -0.4 is 5.73 Å². The van der Waals surface area contributed by atoms with E-state index in [1.165, 1.54) is 7.11 Å². The third-order valence-corrected chi connectivity index (χ3v) is 2.17. The molecule has 0 amide bonds. The van der Waals surface area contributed by atoms with Gasteiger partial charge in [-0.1, -0.05) is 0 Å². The van der Waals surface area contributed by atoms with Gasteiger partial charge in [-0.15, -0.1) is 0 Å². The number of hydrogen-bond acceptors (Lipinski definition) is 6. The zero-order valence-electron chi connectivity index (χ0n) is 7.33. The maximum Gasteiger partial charge on any atom is 0.185 e. The second-order valence-corrected chi connectivity index (χ2v) is 3.02. The summed E-state index contributed by atoms with van der Waals surface area (Å²) in [6.07, 6.45) is -3.85. The Morgan fingerprint density at radius 1 is 1.38 bits per heavy atom. The second kappa shape index (κ2) is 4.32. The minimum atomic E-state index is -1.08. The molecule has 1 fully saturated rings. The number of rotatable bonds is 2. The molecule has 78 valence electrons. The van der Waals surface area contributed by atoms with Crippen LogP contribution in [-0.4, -0.2) is 59.7 Å². The number of methoxy groups -OCH3 is 1. The van der Waals surface area contributed by atoms with Crippen molar-refractivity contribution < 1.29 is 24.8 Å². The lowest BCUT2D eigenvalue weighted by Gasteiger charge is -2.39. The van der Waals surface area contributed by atoms with E-state index in [0.29, 0.717) is 0 Å². The molecule has 0 unspecified atom stereocenters. The molecule has 1 heterocycles. The average Bonchev–Trinajstić information content (AvgIpc) is 2.15. The summed E-state index contributed by atoms with van der Waals surface area (Å²) < 4.78 is 9.81. The molecule has 1 saturated heterocycles. The van der Waals surface area contributed by atoms with Crippen LogP contribution in [0, 0.1) is 0 Å². The van der Waals surface area contributed by atoms with E-state index in [9.17, 15) is 10.2 Å². The molecule has 0 spiro atoms. The molecule has 13 heavy (non-hydrogen) atoms. The van der Waals surface area contributed by atoms with Gasteiger partial charge in [0, 0.05) is 7.11 Å². The molecule has 0 aromatic carbocycles. The van der Waals surface area contributed by atoms with Crippen LogP contribution in [0.2, 0.25) is 0 Å². The third kappa shape index (κ3) is 1.98. The maximum absolute atomic E-state index is 9.40. The Morgan fingerprint density at radius 3 is 2.46 bits per heavy atom. The first-order chi connectivity index (χ1) is 6.11. The second-order valence-electron chi connectivity index (χ2n) is 3.02. The Kier molecular flexibility index (Phi) is 3.60. The molecule has 0 saturated carbocycles. The van der Waals surface area contributed by atoms with Crippen molar-refractivity contribution in [2.45, 2.75) is 30.6 Å². The van der Waals surface area contributed by atoms with Gasteiger partial charge in [-0.2, -0.15) is 0 Å². The number of ether oxygens (including phenoxy) is 2. The highest BCUT2D eigenvalue weighted by Crippen LogP contribution is 2.19. The minimum absolute atomic E-state index is 0.360. The Hall–Kier alpha value is -0.240. The van der Waals surface area contributed by atoms with Crippen molar-refractivity contribution in [3.05, 3.63) is 0 Å². The summed E-state index contributed by atoms with van der Waals surface area (Å²) in [6, 6.07) is -0.865. The fourth-order valence-electron chi connectivity index (χ4n) is 1.31. The smallest absolute Gasteiger partial charge is 0.185 e. The highest BCUT2D eigenvalue weighted by molar-refractivity contribution is 4.91. The van der Waals surface area contributed by atoms with Gasteiger partial charge in [0.15, 0.2) is 6.29 Å². The molecule has 0 aromatic heterocycles. The first kappa shape index (κ1) is 10.8. The molecule has 5 atom stereocenters. The lowest BCUT2D eigenvalue weighted by molar-refractivity contribution is -0.267. The summed E-state index contributed by atoms with van der Waals surface area (Å²) in [6.45, 7) is -0.360. The van der Waals surface area contributed by atoms with Crippen molar-refractivity contribution in [2.24, 2.45) is 5.73 Å². The third-order valence-electron chi connectivity index (χ3n) is 2.17. The standard InChI is InChI=1S/C7H15NO5/c1-12-7-6(11)4(8)5(10)3(2-9)13-7/h3-7,9-11H,2,8H2,1H3/t3-,4+,5+,6-,7+/m1/s1. The fraction of sp³-hybridized carbons (Fsp3) is 1.00. The van der Waals surface area contributed by atoms with Gasteiger partial charge in [0.25, 0.3) is 0 Å². The average molecular weight is 193 g/mol. The number of hydrogen-bond donors (Lipinski definition) is 4. The summed E-state index contributed by atoms with van der Waals surface area (Å²) in [7, 11) is 1.35. The van der Waals surface area contributed by atoms with Gasteiger partial charge in [-0.25, -0.2) is 0 Å². The van der Waals surface area contributed by atoms with E-state index in [2.05, 4.69) is 0 Å². The van der Waals surface area contributed by atoms with Crippen molar-refractivity contribution in [2.75, 3.05) is 13.7 Å². The number of aliphatic hydroxyl groups is 3. The number of nitrogens with two attached hydrogens (primary N) is 1. The Morgan fingerprint density at radius 2 is 2.00 bits per heavy atom. The van der Waals surface area contributed by atoms with E-state index in [0.717, 1.165) is 0 Å². The van der Waals surface area contributed by atoms with Gasteiger partial charge >= 0.3 is 0 Å². The van der Waals surface area contributed by atoms with E-state index >= 15 is 0 Å². The first-order valence-electron chi connectivity index (χ1n) is 4.02. The highest BCUT2D eigenvalue weighted by atomic mass is 16.7. The molecule has 0 radical (unpaired) electrons. The van der Waals surface area contributed by atoms with Crippen LogP contribution in [0.4, 0.5) is 0 Å². The predicted octanol–water partition coefficient (Wildman–Crippen LogP) is -2.60. The van der Waals surface area contributed by atoms with Gasteiger partial charge < -0.3 is 30.5 Å². The molecule has 5 N–H and O–H groups in total. The zero-order chi connectivity index (χ0) is 10.0. The van der Waals surface area contributed by atoms with Crippen LogP contribution >= 0.6 is 0 Å². The molecular formula is C7H15NO5. The zero-order valence-corrected chi connectivity index (χ0v) is 7.33. The van der Waals surface area contributed by atoms with E-state index in [1.807, 2.05) is 0 Å². The topological polar surface area (TPSA) is 105 Å². The van der Waals surface area contributed by atoms with Crippen molar-refractivity contribution in [1.29, 1.82) is 0 Å². The highest BCUT2D eigenvalue weighted by Gasteiger charge is 2.42. The minimum Gasteiger partial charge on any atom is -0.394 e. The predicted molar refractivity (Wildman–Crippen MR) is 42.7 cm³/mol. The first-order valence-corrected chi connectivity index (χ1v) is 4.02. The van der Waals surface area contributed by atoms with Crippen LogP contribution in [0.15, 0.2) is 0 Å². The molecule has 0 bridgehead atoms. The van der Waals surface area contributed by atoms with Crippen molar-refractivity contribution in [3.63, 3.8) is 0 Å². The summed E-state index contributed by atoms with van der Waals surface area (Å²) in [5, 5.41) is 27.6. The Bertz CT molecular complexity index is 147. The van der Waals surface area contributed by atoms with Crippen molar-refractivity contribution in [1.82, 2.24) is 0 Å². The molecule has 1 aliphatic heterocycles. The van der Waals surface area contributed by atoms with E-state index in [-0.39, 0.29) is 6.61 Å². The quantitative estimate of drug-likeness (QED) is 0.383. The molecule has 6 nitrogen and oxygen atoms in total. The monoisotopic (exact) mass is 193 g/mol. The molecular weight excluding hydrogens is 178 g/mol. The van der Waals surface area contributed by atoms with Gasteiger partial charge in [0.05, 0.1) is 12.6 Å². The van der Waals surface area contributed by atoms with Crippen LogP contribution in [0.25, 0.3) is 0 Å². The lowest BCUT2D eigenvalue weighted by atomic mass is 9.97. The summed E-state index contributed by atoms with van der Waals surface area (Å²) in [4.78, 5) is 0. The maximum atomic E-state index is 9.40. The van der Waals surface area contributed by atoms with E-state index < -0.39 is 30.6 Å². The van der Waals surface area contributed by atoms with Gasteiger partial charge in [-0.3, -0.25) is 0 Å². The van der Waals surface area contributed by atoms with Crippen LogP contribution in [0.5, 0.6) is 0 Å². The normalized spacial score (nSPS) is 46.4. The van der Waals surface area contributed by atoms with Crippen LogP contribution in [0.3, 0.4) is 0 Å². The summed E-state index contributed by atoms with van der Waals surface area (Å²) in [5.41, 5.74) is 5.48. The molecule has 6 heteroatoms. The van der Waals surface area contributed by atoms with Gasteiger partial charge in [-0.05, 0) is 0 Å². The van der Waals surface area contributed by atoms with Gasteiger partial charge in [0.2, 0.25) is 0 Å². The van der Waals surface area contributed by atoms with Crippen LogP contribution in [0.1, 0.15) is 0 Å².